The molecule has 0 bridgehead atoms. The van der Waals surface area contributed by atoms with Gasteiger partial charge in [-0.3, -0.25) is 4.79 Å². The van der Waals surface area contributed by atoms with Crippen LogP contribution in [0, 0.1) is 5.92 Å². The van der Waals surface area contributed by atoms with Crippen LogP contribution in [0.3, 0.4) is 0 Å². The number of amides is 1. The SMILES string of the molecule is O=C(NC[C@H]1CCN(c2ccccc2)C1)c1cc(S(=O)(=O)N2CCCC2)ccc1O. The minimum absolute atomic E-state index is 0.00631. The number of hydrogen-bond acceptors (Lipinski definition) is 5. The number of carbonyl (C=O) groups excluding carboxylic acids is 1. The van der Waals surface area contributed by atoms with Crippen LogP contribution in [0.2, 0.25) is 0 Å². The molecule has 30 heavy (non-hydrogen) atoms. The Balaban J connectivity index is 1.40. The number of benzene rings is 2. The molecule has 7 nitrogen and oxygen atoms in total. The van der Waals surface area contributed by atoms with E-state index in [1.807, 2.05) is 18.2 Å². The second-order valence-corrected chi connectivity index (χ2v) is 9.87. The number of rotatable bonds is 6. The van der Waals surface area contributed by atoms with Crippen molar-refractivity contribution in [2.24, 2.45) is 5.92 Å². The molecule has 2 aromatic rings. The summed E-state index contributed by atoms with van der Waals surface area (Å²) in [5, 5.41) is 13.0. The third-order valence-electron chi connectivity index (χ3n) is 5.87. The topological polar surface area (TPSA) is 90.0 Å². The Labute approximate surface area is 177 Å². The molecule has 2 fully saturated rings. The van der Waals surface area contributed by atoms with Crippen molar-refractivity contribution in [3.8, 4) is 5.75 Å². The van der Waals surface area contributed by atoms with E-state index in [1.54, 1.807) is 0 Å². The largest absolute Gasteiger partial charge is 0.507 e. The minimum Gasteiger partial charge on any atom is -0.507 e. The molecule has 0 spiro atoms. The average molecular weight is 430 g/mol. The number of aromatic hydroxyl groups is 1. The molecule has 2 heterocycles. The molecule has 8 heteroatoms. The molecule has 0 radical (unpaired) electrons. The number of nitrogens with one attached hydrogen (secondary N) is 1. The van der Waals surface area contributed by atoms with Crippen molar-refractivity contribution in [2.75, 3.05) is 37.6 Å². The summed E-state index contributed by atoms with van der Waals surface area (Å²) in [5.41, 5.74) is 1.16. The number of nitrogens with zero attached hydrogens (tertiary/aromatic N) is 2. The van der Waals surface area contributed by atoms with Crippen molar-refractivity contribution in [1.82, 2.24) is 9.62 Å². The van der Waals surface area contributed by atoms with Gasteiger partial charge in [-0.05, 0) is 55.5 Å². The van der Waals surface area contributed by atoms with Gasteiger partial charge in [-0.25, -0.2) is 8.42 Å². The summed E-state index contributed by atoms with van der Waals surface area (Å²) in [5.74, 6) is -0.373. The van der Waals surface area contributed by atoms with Gasteiger partial charge in [-0.2, -0.15) is 4.31 Å². The van der Waals surface area contributed by atoms with Crippen LogP contribution in [0.15, 0.2) is 53.4 Å². The van der Waals surface area contributed by atoms with Crippen molar-refractivity contribution in [3.63, 3.8) is 0 Å². The van der Waals surface area contributed by atoms with Crippen LogP contribution in [0.1, 0.15) is 29.6 Å². The van der Waals surface area contributed by atoms with Crippen LogP contribution in [-0.2, 0) is 10.0 Å². The predicted octanol–water partition coefficient (Wildman–Crippen LogP) is 2.43. The minimum atomic E-state index is -3.64. The zero-order chi connectivity index (χ0) is 21.1. The first-order valence-corrected chi connectivity index (χ1v) is 11.8. The molecular weight excluding hydrogens is 402 g/mol. The molecule has 1 amide bonds. The molecule has 1 atom stereocenters. The first-order valence-electron chi connectivity index (χ1n) is 10.4. The number of hydrogen-bond donors (Lipinski definition) is 2. The highest BCUT2D eigenvalue weighted by Crippen LogP contribution is 2.26. The van der Waals surface area contributed by atoms with Gasteiger partial charge in [0.05, 0.1) is 10.5 Å². The van der Waals surface area contributed by atoms with Crippen molar-refractivity contribution < 1.29 is 18.3 Å². The van der Waals surface area contributed by atoms with Crippen LogP contribution in [0.25, 0.3) is 0 Å². The van der Waals surface area contributed by atoms with Gasteiger partial charge in [-0.15, -0.1) is 0 Å². The molecule has 0 aliphatic carbocycles. The Hall–Kier alpha value is -2.58. The maximum Gasteiger partial charge on any atom is 0.255 e. The van der Waals surface area contributed by atoms with Gasteiger partial charge in [-0.1, -0.05) is 18.2 Å². The lowest BCUT2D eigenvalue weighted by Gasteiger charge is -2.19. The second kappa shape index (κ2) is 8.65. The number of para-hydroxylation sites is 1. The summed E-state index contributed by atoms with van der Waals surface area (Å²) in [6.07, 6.45) is 2.64. The lowest BCUT2D eigenvalue weighted by Crippen LogP contribution is -2.31. The third kappa shape index (κ3) is 4.29. The van der Waals surface area contributed by atoms with E-state index in [9.17, 15) is 18.3 Å². The number of phenolic OH excluding ortho intramolecular Hbond substituents is 1. The Morgan fingerprint density at radius 2 is 1.80 bits per heavy atom. The van der Waals surface area contributed by atoms with Gasteiger partial charge in [0.25, 0.3) is 5.91 Å². The number of carbonyl (C=O) groups is 1. The van der Waals surface area contributed by atoms with E-state index in [2.05, 4.69) is 22.3 Å². The number of anilines is 1. The van der Waals surface area contributed by atoms with Crippen LogP contribution in [0.5, 0.6) is 5.75 Å². The molecule has 4 rings (SSSR count). The summed E-state index contributed by atoms with van der Waals surface area (Å²) < 4.78 is 27.0. The van der Waals surface area contributed by atoms with Gasteiger partial charge in [0.1, 0.15) is 5.75 Å². The molecule has 2 aromatic carbocycles. The van der Waals surface area contributed by atoms with Gasteiger partial charge in [0.15, 0.2) is 0 Å². The Bertz CT molecular complexity index is 1000. The van der Waals surface area contributed by atoms with E-state index in [1.165, 1.54) is 28.2 Å². The zero-order valence-electron chi connectivity index (χ0n) is 16.8. The fraction of sp³-hybridized carbons (Fsp3) is 0.409. The highest BCUT2D eigenvalue weighted by atomic mass is 32.2. The summed E-state index contributed by atoms with van der Waals surface area (Å²) in [4.78, 5) is 15.0. The van der Waals surface area contributed by atoms with E-state index in [-0.39, 0.29) is 16.2 Å². The van der Waals surface area contributed by atoms with Crippen LogP contribution >= 0.6 is 0 Å². The fourth-order valence-electron chi connectivity index (χ4n) is 4.14. The van der Waals surface area contributed by atoms with Gasteiger partial charge in [0.2, 0.25) is 10.0 Å². The van der Waals surface area contributed by atoms with Gasteiger partial charge in [0, 0.05) is 38.4 Å². The Morgan fingerprint density at radius 1 is 1.07 bits per heavy atom. The maximum absolute atomic E-state index is 12.8. The summed E-state index contributed by atoms with van der Waals surface area (Å²) in [6.45, 7) is 3.23. The van der Waals surface area contributed by atoms with E-state index in [4.69, 9.17) is 0 Å². The van der Waals surface area contributed by atoms with Crippen LogP contribution in [-0.4, -0.2) is 56.5 Å². The molecule has 2 saturated heterocycles. The monoisotopic (exact) mass is 429 g/mol. The maximum atomic E-state index is 12.8. The van der Waals surface area contributed by atoms with Crippen LogP contribution < -0.4 is 10.2 Å². The molecule has 2 aliphatic heterocycles. The number of sulfonamides is 1. The molecule has 2 aliphatic rings. The molecule has 2 N–H and O–H groups in total. The Morgan fingerprint density at radius 3 is 2.53 bits per heavy atom. The normalized spacial score (nSPS) is 19.9. The van der Waals surface area contributed by atoms with Crippen molar-refractivity contribution >= 4 is 21.6 Å². The van der Waals surface area contributed by atoms with Crippen molar-refractivity contribution in [1.29, 1.82) is 0 Å². The molecule has 0 saturated carbocycles. The molecule has 0 aromatic heterocycles. The predicted molar refractivity (Wildman–Crippen MR) is 115 cm³/mol. The van der Waals surface area contributed by atoms with Gasteiger partial charge < -0.3 is 15.3 Å². The molecule has 0 unspecified atom stereocenters. The van der Waals surface area contributed by atoms with Gasteiger partial charge >= 0.3 is 0 Å². The lowest BCUT2D eigenvalue weighted by molar-refractivity contribution is 0.0945. The quantitative estimate of drug-likeness (QED) is 0.736. The Kier molecular flexibility index (Phi) is 5.97. The standard InChI is InChI=1S/C22H27N3O4S/c26-21-9-8-19(30(28,29)25-11-4-5-12-25)14-20(21)22(27)23-15-17-10-13-24(16-17)18-6-2-1-3-7-18/h1-3,6-9,14,17,26H,4-5,10-13,15-16H2,(H,23,27)/t17-/m1/s1. The average Bonchev–Trinajstić information content (AvgIpc) is 3.45. The summed E-state index contributed by atoms with van der Waals surface area (Å²) in [6, 6.07) is 14.1. The van der Waals surface area contributed by atoms with Crippen molar-refractivity contribution in [3.05, 3.63) is 54.1 Å². The summed E-state index contributed by atoms with van der Waals surface area (Å²) in [7, 11) is -3.64. The highest BCUT2D eigenvalue weighted by molar-refractivity contribution is 7.89. The lowest BCUT2D eigenvalue weighted by atomic mass is 10.1. The molecule has 160 valence electrons. The van der Waals surface area contributed by atoms with E-state index in [0.717, 1.165) is 32.4 Å². The van der Waals surface area contributed by atoms with E-state index >= 15 is 0 Å². The smallest absolute Gasteiger partial charge is 0.255 e. The zero-order valence-corrected chi connectivity index (χ0v) is 17.6. The first-order chi connectivity index (χ1) is 14.4. The molecular formula is C22H27N3O4S. The third-order valence-corrected chi connectivity index (χ3v) is 7.77. The summed E-state index contributed by atoms with van der Waals surface area (Å²) >= 11 is 0. The van der Waals surface area contributed by atoms with E-state index in [0.29, 0.717) is 25.6 Å². The second-order valence-electron chi connectivity index (χ2n) is 7.94. The van der Waals surface area contributed by atoms with E-state index < -0.39 is 15.9 Å². The highest BCUT2D eigenvalue weighted by Gasteiger charge is 2.29. The van der Waals surface area contributed by atoms with Crippen LogP contribution in [0.4, 0.5) is 5.69 Å². The van der Waals surface area contributed by atoms with Crippen molar-refractivity contribution in [2.45, 2.75) is 24.2 Å². The number of phenols is 1. The fourth-order valence-corrected chi connectivity index (χ4v) is 5.68. The first kappa shape index (κ1) is 20.7.